The van der Waals surface area contributed by atoms with E-state index in [1.807, 2.05) is 37.4 Å². The van der Waals surface area contributed by atoms with Crippen molar-refractivity contribution < 1.29 is 0 Å². The van der Waals surface area contributed by atoms with Gasteiger partial charge in [0.1, 0.15) is 0 Å². The number of hydrogen-bond acceptors (Lipinski definition) is 2. The van der Waals surface area contributed by atoms with Gasteiger partial charge in [0.15, 0.2) is 0 Å². The van der Waals surface area contributed by atoms with Gasteiger partial charge in [-0.25, -0.2) is 0 Å². The molecule has 1 aromatic heterocycles. The summed E-state index contributed by atoms with van der Waals surface area (Å²) in [5, 5.41) is 1.16. The fourth-order valence-electron chi connectivity index (χ4n) is 2.43. The highest BCUT2D eigenvalue weighted by Crippen LogP contribution is 2.33. The van der Waals surface area contributed by atoms with Crippen LogP contribution in [0.25, 0.3) is 22.0 Å². The Hall–Kier alpha value is -2.19. The predicted molar refractivity (Wildman–Crippen MR) is 79.8 cm³/mol. The zero-order chi connectivity index (χ0) is 13.2. The van der Waals surface area contributed by atoms with Crippen molar-refractivity contribution in [3.8, 4) is 11.1 Å². The molecule has 19 heavy (non-hydrogen) atoms. The van der Waals surface area contributed by atoms with Gasteiger partial charge in [0.05, 0.1) is 5.52 Å². The first-order valence-corrected chi connectivity index (χ1v) is 6.46. The maximum atomic E-state index is 6.10. The lowest BCUT2D eigenvalue weighted by Gasteiger charge is -2.15. The fraction of sp³-hybridized carbons (Fsp3) is 0.118. The van der Waals surface area contributed by atoms with E-state index in [1.54, 1.807) is 0 Å². The Kier molecular flexibility index (Phi) is 3.02. The van der Waals surface area contributed by atoms with Gasteiger partial charge < -0.3 is 5.73 Å². The largest absolute Gasteiger partial charge is 0.324 e. The van der Waals surface area contributed by atoms with Crippen LogP contribution < -0.4 is 5.73 Å². The molecule has 0 bridgehead atoms. The molecule has 2 aromatic carbocycles. The number of benzene rings is 2. The fourth-order valence-corrected chi connectivity index (χ4v) is 2.43. The van der Waals surface area contributed by atoms with E-state index >= 15 is 0 Å². The third kappa shape index (κ3) is 2.11. The highest BCUT2D eigenvalue weighted by atomic mass is 14.7. The van der Waals surface area contributed by atoms with E-state index in [1.165, 1.54) is 11.1 Å². The molecule has 3 rings (SSSR count). The van der Waals surface area contributed by atoms with E-state index in [4.69, 9.17) is 5.73 Å². The molecular weight excluding hydrogens is 232 g/mol. The maximum Gasteiger partial charge on any atom is 0.0708 e. The van der Waals surface area contributed by atoms with E-state index in [-0.39, 0.29) is 6.04 Å². The zero-order valence-electron chi connectivity index (χ0n) is 10.9. The first-order valence-electron chi connectivity index (χ1n) is 6.46. The molecule has 0 radical (unpaired) electrons. The summed E-state index contributed by atoms with van der Waals surface area (Å²) >= 11 is 0. The van der Waals surface area contributed by atoms with E-state index < -0.39 is 0 Å². The Bertz CT molecular complexity index is 703. The van der Waals surface area contributed by atoms with E-state index in [0.29, 0.717) is 0 Å². The summed E-state index contributed by atoms with van der Waals surface area (Å²) < 4.78 is 0. The minimum atomic E-state index is -0.0349. The van der Waals surface area contributed by atoms with Gasteiger partial charge in [-0.2, -0.15) is 0 Å². The Morgan fingerprint density at radius 2 is 1.63 bits per heavy atom. The number of fused-ring (bicyclic) bond motifs is 1. The summed E-state index contributed by atoms with van der Waals surface area (Å²) in [7, 11) is 0. The lowest BCUT2D eigenvalue weighted by molar-refractivity contribution is 0.816. The molecule has 1 atom stereocenters. The van der Waals surface area contributed by atoms with Crippen molar-refractivity contribution >= 4 is 10.9 Å². The molecule has 0 saturated carbocycles. The van der Waals surface area contributed by atoms with Gasteiger partial charge in [0.25, 0.3) is 0 Å². The number of nitrogens with zero attached hydrogens (tertiary/aromatic N) is 1. The molecule has 0 spiro atoms. The van der Waals surface area contributed by atoms with Gasteiger partial charge >= 0.3 is 0 Å². The van der Waals surface area contributed by atoms with Gasteiger partial charge in [-0.3, -0.25) is 4.98 Å². The van der Waals surface area contributed by atoms with Crippen molar-refractivity contribution in [2.24, 2.45) is 5.73 Å². The molecule has 2 N–H and O–H groups in total. The van der Waals surface area contributed by atoms with Crippen molar-refractivity contribution in [3.63, 3.8) is 0 Å². The van der Waals surface area contributed by atoms with Crippen LogP contribution in [0.15, 0.2) is 60.8 Å². The molecule has 0 unspecified atom stereocenters. The standard InChI is InChI=1S/C17H16N2/c1-12(18)15-11-19-16-10-6-5-9-14(16)17(15)13-7-3-2-4-8-13/h2-12H,18H2,1H3/t12-/m1/s1. The van der Waals surface area contributed by atoms with Gasteiger partial charge in [0, 0.05) is 17.6 Å². The minimum Gasteiger partial charge on any atom is -0.324 e. The third-order valence-corrected chi connectivity index (χ3v) is 3.36. The Balaban J connectivity index is 2.39. The lowest BCUT2D eigenvalue weighted by atomic mass is 9.93. The average molecular weight is 248 g/mol. The first kappa shape index (κ1) is 11.9. The molecular formula is C17H16N2. The predicted octanol–water partition coefficient (Wildman–Crippen LogP) is 3.92. The van der Waals surface area contributed by atoms with Crippen LogP contribution in [-0.2, 0) is 0 Å². The number of aromatic nitrogens is 1. The van der Waals surface area contributed by atoms with Crippen molar-refractivity contribution in [1.82, 2.24) is 4.98 Å². The van der Waals surface area contributed by atoms with Crippen LogP contribution in [-0.4, -0.2) is 4.98 Å². The van der Waals surface area contributed by atoms with Crippen molar-refractivity contribution in [2.45, 2.75) is 13.0 Å². The van der Waals surface area contributed by atoms with Crippen LogP contribution in [0.3, 0.4) is 0 Å². The molecule has 0 fully saturated rings. The molecule has 2 heteroatoms. The third-order valence-electron chi connectivity index (χ3n) is 3.36. The molecule has 0 aliphatic rings. The lowest BCUT2D eigenvalue weighted by Crippen LogP contribution is -2.07. The van der Waals surface area contributed by atoms with Crippen LogP contribution >= 0.6 is 0 Å². The van der Waals surface area contributed by atoms with Crippen molar-refractivity contribution in [1.29, 1.82) is 0 Å². The van der Waals surface area contributed by atoms with Crippen molar-refractivity contribution in [2.75, 3.05) is 0 Å². The summed E-state index contributed by atoms with van der Waals surface area (Å²) in [4.78, 5) is 4.51. The number of rotatable bonds is 2. The second-order valence-electron chi connectivity index (χ2n) is 4.76. The quantitative estimate of drug-likeness (QED) is 0.746. The summed E-state index contributed by atoms with van der Waals surface area (Å²) in [6, 6.07) is 18.5. The normalized spacial score (nSPS) is 12.5. The van der Waals surface area contributed by atoms with Crippen LogP contribution in [0.5, 0.6) is 0 Å². The van der Waals surface area contributed by atoms with Gasteiger partial charge in [-0.1, -0.05) is 48.5 Å². The Morgan fingerprint density at radius 1 is 0.947 bits per heavy atom. The number of para-hydroxylation sites is 1. The maximum absolute atomic E-state index is 6.10. The van der Waals surface area contributed by atoms with Gasteiger partial charge in [-0.05, 0) is 29.7 Å². The second-order valence-corrected chi connectivity index (χ2v) is 4.76. The van der Waals surface area contributed by atoms with Crippen molar-refractivity contribution in [3.05, 3.63) is 66.4 Å². The summed E-state index contributed by atoms with van der Waals surface area (Å²) in [6.07, 6.45) is 1.90. The zero-order valence-corrected chi connectivity index (χ0v) is 10.9. The van der Waals surface area contributed by atoms with Gasteiger partial charge in [0.2, 0.25) is 0 Å². The molecule has 94 valence electrons. The van der Waals surface area contributed by atoms with Crippen LogP contribution in [0.1, 0.15) is 18.5 Å². The molecule has 1 heterocycles. The highest BCUT2D eigenvalue weighted by molar-refractivity contribution is 5.96. The molecule has 0 aliphatic carbocycles. The Labute approximate surface area is 112 Å². The smallest absolute Gasteiger partial charge is 0.0708 e. The highest BCUT2D eigenvalue weighted by Gasteiger charge is 2.13. The summed E-state index contributed by atoms with van der Waals surface area (Å²) in [6.45, 7) is 2.00. The number of nitrogens with two attached hydrogens (primary N) is 1. The molecule has 2 nitrogen and oxygen atoms in total. The monoisotopic (exact) mass is 248 g/mol. The van der Waals surface area contributed by atoms with Crippen LogP contribution in [0, 0.1) is 0 Å². The topological polar surface area (TPSA) is 38.9 Å². The molecule has 3 aromatic rings. The van der Waals surface area contributed by atoms with E-state index in [0.717, 1.165) is 16.5 Å². The first-order chi connectivity index (χ1) is 9.27. The van der Waals surface area contributed by atoms with Crippen LogP contribution in [0.4, 0.5) is 0 Å². The average Bonchev–Trinajstić information content (AvgIpc) is 2.46. The van der Waals surface area contributed by atoms with Crippen LogP contribution in [0.2, 0.25) is 0 Å². The Morgan fingerprint density at radius 3 is 2.37 bits per heavy atom. The molecule has 0 saturated heterocycles. The SMILES string of the molecule is C[C@@H](N)c1cnc2ccccc2c1-c1ccccc1. The number of pyridine rings is 1. The summed E-state index contributed by atoms with van der Waals surface area (Å²) in [5.74, 6) is 0. The number of hydrogen-bond donors (Lipinski definition) is 1. The summed E-state index contributed by atoms with van der Waals surface area (Å²) in [5.41, 5.74) is 10.6. The minimum absolute atomic E-state index is 0.0349. The molecule has 0 amide bonds. The van der Waals surface area contributed by atoms with E-state index in [9.17, 15) is 0 Å². The second kappa shape index (κ2) is 4.82. The molecule has 0 aliphatic heterocycles. The van der Waals surface area contributed by atoms with E-state index in [2.05, 4.69) is 35.3 Å². The van der Waals surface area contributed by atoms with Gasteiger partial charge in [-0.15, -0.1) is 0 Å².